The first kappa shape index (κ1) is 18.2. The van der Waals surface area contributed by atoms with Gasteiger partial charge in [0.1, 0.15) is 12.4 Å². The summed E-state index contributed by atoms with van der Waals surface area (Å²) >= 11 is 0. The minimum atomic E-state index is -0.427. The highest BCUT2D eigenvalue weighted by atomic mass is 16.5. The summed E-state index contributed by atoms with van der Waals surface area (Å²) in [4.78, 5) is 23.9. The molecule has 2 aromatic rings. The lowest BCUT2D eigenvalue weighted by Crippen LogP contribution is -2.08. The van der Waals surface area contributed by atoms with Crippen molar-refractivity contribution in [1.82, 2.24) is 0 Å². The van der Waals surface area contributed by atoms with E-state index in [4.69, 9.17) is 14.7 Å². The molecule has 2 rings (SSSR count). The van der Waals surface area contributed by atoms with Gasteiger partial charge >= 0.3 is 5.97 Å². The van der Waals surface area contributed by atoms with E-state index < -0.39 is 5.97 Å². The van der Waals surface area contributed by atoms with Crippen LogP contribution in [0.4, 0.5) is 0 Å². The highest BCUT2D eigenvalue weighted by Gasteiger charge is 2.11. The predicted octanol–water partition coefficient (Wildman–Crippen LogP) is 3.66. The van der Waals surface area contributed by atoms with Gasteiger partial charge in [-0.25, -0.2) is 0 Å². The van der Waals surface area contributed by atoms with Crippen LogP contribution >= 0.6 is 0 Å². The molecule has 0 heterocycles. The second-order valence-electron chi connectivity index (χ2n) is 5.35. The Bertz CT molecular complexity index is 758. The Kier molecular flexibility index (Phi) is 6.73. The van der Waals surface area contributed by atoms with E-state index in [-0.39, 0.29) is 25.2 Å². The largest absolute Gasteiger partial charge is 0.494 e. The zero-order valence-electron chi connectivity index (χ0n) is 14.0. The number of benzene rings is 2. The number of ketones is 1. The molecule has 0 N–H and O–H groups in total. The van der Waals surface area contributed by atoms with Gasteiger partial charge in [0.05, 0.1) is 24.7 Å². The molecule has 25 heavy (non-hydrogen) atoms. The highest BCUT2D eigenvalue weighted by molar-refractivity contribution is 5.97. The summed E-state index contributed by atoms with van der Waals surface area (Å²) < 4.78 is 10.5. The maximum Gasteiger partial charge on any atom is 0.306 e. The number of esters is 1. The van der Waals surface area contributed by atoms with Crippen molar-refractivity contribution in [2.75, 3.05) is 6.61 Å². The summed E-state index contributed by atoms with van der Waals surface area (Å²) in [5.41, 5.74) is 1.89. The Morgan fingerprint density at radius 3 is 2.28 bits per heavy atom. The number of rotatable bonds is 8. The number of Topliss-reactive ketones (excluding diaryl/α,β-unsaturated/α-hetero) is 1. The Morgan fingerprint density at radius 1 is 1.00 bits per heavy atom. The molecular formula is C20H19NO4. The molecule has 0 aliphatic rings. The van der Waals surface area contributed by atoms with Gasteiger partial charge in [-0.2, -0.15) is 5.26 Å². The topological polar surface area (TPSA) is 76.4 Å². The summed E-state index contributed by atoms with van der Waals surface area (Å²) in [6.07, 6.45) is 0.127. The van der Waals surface area contributed by atoms with Crippen molar-refractivity contribution in [1.29, 1.82) is 5.26 Å². The maximum absolute atomic E-state index is 12.1. The van der Waals surface area contributed by atoms with Crippen LogP contribution in [-0.2, 0) is 16.1 Å². The summed E-state index contributed by atoms with van der Waals surface area (Å²) in [7, 11) is 0. The van der Waals surface area contributed by atoms with Gasteiger partial charge in [-0.15, -0.1) is 0 Å². The Balaban J connectivity index is 1.76. The third-order valence-electron chi connectivity index (χ3n) is 3.53. The van der Waals surface area contributed by atoms with Gasteiger partial charge in [0.25, 0.3) is 0 Å². The van der Waals surface area contributed by atoms with E-state index in [1.54, 1.807) is 48.5 Å². The van der Waals surface area contributed by atoms with Crippen molar-refractivity contribution in [3.05, 3.63) is 65.2 Å². The van der Waals surface area contributed by atoms with E-state index in [1.165, 1.54) is 0 Å². The molecule has 0 amide bonds. The minimum Gasteiger partial charge on any atom is -0.494 e. The first-order valence-electron chi connectivity index (χ1n) is 8.03. The molecule has 0 fully saturated rings. The number of carbonyl (C=O) groups is 2. The van der Waals surface area contributed by atoms with Crippen LogP contribution in [0.1, 0.15) is 41.3 Å². The fraction of sp³-hybridized carbons (Fsp3) is 0.250. The second kappa shape index (κ2) is 9.24. The van der Waals surface area contributed by atoms with E-state index in [1.807, 2.05) is 13.0 Å². The number of ether oxygens (including phenoxy) is 2. The Morgan fingerprint density at radius 2 is 1.68 bits per heavy atom. The Labute approximate surface area is 146 Å². The number of hydrogen-bond donors (Lipinski definition) is 0. The first-order chi connectivity index (χ1) is 12.1. The van der Waals surface area contributed by atoms with Crippen molar-refractivity contribution in [2.45, 2.75) is 26.4 Å². The van der Waals surface area contributed by atoms with E-state index >= 15 is 0 Å². The summed E-state index contributed by atoms with van der Waals surface area (Å²) in [6.45, 7) is 2.59. The lowest BCUT2D eigenvalue weighted by molar-refractivity contribution is -0.144. The van der Waals surface area contributed by atoms with Crippen LogP contribution in [0.15, 0.2) is 48.5 Å². The number of nitrogens with zero attached hydrogens (tertiary/aromatic N) is 1. The smallest absolute Gasteiger partial charge is 0.306 e. The number of hydrogen-bond acceptors (Lipinski definition) is 5. The third kappa shape index (κ3) is 5.78. The zero-order valence-corrected chi connectivity index (χ0v) is 14.0. The molecule has 0 aromatic heterocycles. The third-order valence-corrected chi connectivity index (χ3v) is 3.53. The molecule has 2 aromatic carbocycles. The molecule has 5 heteroatoms. The molecule has 0 atom stereocenters. The van der Waals surface area contributed by atoms with Crippen molar-refractivity contribution in [2.24, 2.45) is 0 Å². The SMILES string of the molecule is CCOc1ccc(C(=O)CCC(=O)OCc2ccc(C#N)cc2)cc1. The first-order valence-corrected chi connectivity index (χ1v) is 8.03. The molecule has 0 bridgehead atoms. The van der Waals surface area contributed by atoms with Crippen LogP contribution in [-0.4, -0.2) is 18.4 Å². The van der Waals surface area contributed by atoms with Gasteiger partial charge in [-0.05, 0) is 48.9 Å². The highest BCUT2D eigenvalue weighted by Crippen LogP contribution is 2.14. The van der Waals surface area contributed by atoms with Crippen molar-refractivity contribution in [3.63, 3.8) is 0 Å². The molecule has 0 saturated heterocycles. The molecule has 0 radical (unpaired) electrons. The van der Waals surface area contributed by atoms with Gasteiger partial charge in [0.2, 0.25) is 0 Å². The monoisotopic (exact) mass is 337 g/mol. The van der Waals surface area contributed by atoms with Gasteiger partial charge in [-0.3, -0.25) is 9.59 Å². The van der Waals surface area contributed by atoms with E-state index in [9.17, 15) is 9.59 Å². The molecule has 128 valence electrons. The second-order valence-corrected chi connectivity index (χ2v) is 5.35. The lowest BCUT2D eigenvalue weighted by atomic mass is 10.1. The van der Waals surface area contributed by atoms with Crippen molar-refractivity contribution < 1.29 is 19.1 Å². The fourth-order valence-electron chi connectivity index (χ4n) is 2.18. The van der Waals surface area contributed by atoms with E-state index in [2.05, 4.69) is 0 Å². The van der Waals surface area contributed by atoms with Crippen LogP contribution in [0.2, 0.25) is 0 Å². The van der Waals surface area contributed by atoms with Crippen molar-refractivity contribution >= 4 is 11.8 Å². The molecule has 0 aliphatic carbocycles. The summed E-state index contributed by atoms with van der Waals surface area (Å²) in [5, 5.41) is 8.73. The lowest BCUT2D eigenvalue weighted by Gasteiger charge is -2.06. The number of carbonyl (C=O) groups excluding carboxylic acids is 2. The minimum absolute atomic E-state index is 0.0301. The molecule has 0 spiro atoms. The Hall–Kier alpha value is -3.13. The van der Waals surface area contributed by atoms with Crippen molar-refractivity contribution in [3.8, 4) is 11.8 Å². The number of nitriles is 1. The summed E-state index contributed by atoms with van der Waals surface area (Å²) in [5.74, 6) is 0.169. The van der Waals surface area contributed by atoms with Crippen LogP contribution in [0, 0.1) is 11.3 Å². The fourth-order valence-corrected chi connectivity index (χ4v) is 2.18. The van der Waals surface area contributed by atoms with Gasteiger partial charge in [0.15, 0.2) is 5.78 Å². The molecule has 0 unspecified atom stereocenters. The molecule has 0 aliphatic heterocycles. The van der Waals surface area contributed by atoms with Crippen LogP contribution in [0.25, 0.3) is 0 Å². The average molecular weight is 337 g/mol. The average Bonchev–Trinajstić information content (AvgIpc) is 2.65. The normalized spacial score (nSPS) is 9.92. The molecule has 0 saturated carbocycles. The van der Waals surface area contributed by atoms with Crippen LogP contribution in [0.5, 0.6) is 5.75 Å². The van der Waals surface area contributed by atoms with Gasteiger partial charge in [-0.1, -0.05) is 12.1 Å². The maximum atomic E-state index is 12.1. The zero-order chi connectivity index (χ0) is 18.1. The quantitative estimate of drug-likeness (QED) is 0.543. The van der Waals surface area contributed by atoms with E-state index in [0.717, 1.165) is 5.56 Å². The van der Waals surface area contributed by atoms with Crippen LogP contribution in [0.3, 0.4) is 0 Å². The predicted molar refractivity (Wildman–Crippen MR) is 92.1 cm³/mol. The van der Waals surface area contributed by atoms with E-state index in [0.29, 0.717) is 23.5 Å². The van der Waals surface area contributed by atoms with Gasteiger partial charge < -0.3 is 9.47 Å². The van der Waals surface area contributed by atoms with Crippen LogP contribution < -0.4 is 4.74 Å². The van der Waals surface area contributed by atoms with Gasteiger partial charge in [0, 0.05) is 12.0 Å². The summed E-state index contributed by atoms with van der Waals surface area (Å²) in [6, 6.07) is 15.7. The standard InChI is InChI=1S/C20H19NO4/c1-2-24-18-9-7-17(8-10-18)19(22)11-12-20(23)25-14-16-5-3-15(13-21)4-6-16/h3-10H,2,11-12,14H2,1H3. The molecular weight excluding hydrogens is 318 g/mol. The molecule has 5 nitrogen and oxygen atoms in total.